The molecule has 1 aliphatic carbocycles. The van der Waals surface area contributed by atoms with Gasteiger partial charge in [-0.05, 0) is 49.9 Å². The van der Waals surface area contributed by atoms with Crippen molar-refractivity contribution < 1.29 is 14.6 Å². The summed E-state index contributed by atoms with van der Waals surface area (Å²) < 4.78 is 5.12. The number of methoxy groups -OCH3 is 1. The van der Waals surface area contributed by atoms with Crippen LogP contribution in [0.2, 0.25) is 0 Å². The molecule has 0 aromatic carbocycles. The van der Waals surface area contributed by atoms with Crippen LogP contribution in [0.1, 0.15) is 44.1 Å². The highest BCUT2D eigenvalue weighted by molar-refractivity contribution is 5.76. The van der Waals surface area contributed by atoms with Crippen LogP contribution in [0.4, 0.5) is 0 Å². The molecular formula is C26H29N5O4. The zero-order valence-corrected chi connectivity index (χ0v) is 19.9. The number of hydrogen-bond donors (Lipinski definition) is 3. The van der Waals surface area contributed by atoms with E-state index >= 15 is 0 Å². The molecule has 35 heavy (non-hydrogen) atoms. The second-order valence-corrected chi connectivity index (χ2v) is 8.74. The predicted molar refractivity (Wildman–Crippen MR) is 133 cm³/mol. The van der Waals surface area contributed by atoms with E-state index in [1.807, 2.05) is 24.3 Å². The van der Waals surface area contributed by atoms with Gasteiger partial charge in [0, 0.05) is 41.6 Å². The van der Waals surface area contributed by atoms with Gasteiger partial charge in [-0.1, -0.05) is 19.3 Å². The van der Waals surface area contributed by atoms with Gasteiger partial charge >= 0.3 is 5.97 Å². The van der Waals surface area contributed by atoms with Crippen molar-refractivity contribution in [1.82, 2.24) is 24.9 Å². The molecular weight excluding hydrogens is 446 g/mol. The largest absolute Gasteiger partial charge is 0.481 e. The molecule has 4 aromatic heterocycles. The summed E-state index contributed by atoms with van der Waals surface area (Å²) in [5.74, 6) is 1.05. The van der Waals surface area contributed by atoms with Gasteiger partial charge < -0.3 is 19.8 Å². The Morgan fingerprint density at radius 3 is 2.57 bits per heavy atom. The molecule has 3 N–H and O–H groups in total. The standard InChI is InChI=1S/C18H15N5O2.C8H14O2/c1-10-7-12(9-20-18(10)24)13-4-3-11(8-19-13)16-21-14-5-6-15(25-2)22-17(14)23-16;9-8(10)6-7-4-2-1-3-5-7/h3-9H,1-2H3,(H,20,24)(H,21,22,23);7H,1-6H2,(H,9,10). The van der Waals surface area contributed by atoms with Crippen LogP contribution in [0.5, 0.6) is 5.88 Å². The van der Waals surface area contributed by atoms with Crippen LogP contribution in [0.25, 0.3) is 33.8 Å². The Labute approximate surface area is 202 Å². The minimum absolute atomic E-state index is 0.0921. The molecule has 1 fully saturated rings. The minimum atomic E-state index is -0.632. The lowest BCUT2D eigenvalue weighted by Crippen LogP contribution is -2.10. The number of aliphatic carboxylic acids is 1. The first kappa shape index (κ1) is 24.1. The average Bonchev–Trinajstić information content (AvgIpc) is 3.30. The molecule has 0 amide bonds. The Bertz CT molecular complexity index is 1350. The first-order valence-corrected chi connectivity index (χ1v) is 11.7. The van der Waals surface area contributed by atoms with Gasteiger partial charge in [0.05, 0.1) is 18.3 Å². The second kappa shape index (κ2) is 10.9. The molecule has 0 aliphatic heterocycles. The van der Waals surface area contributed by atoms with Crippen molar-refractivity contribution in [2.45, 2.75) is 45.4 Å². The first-order valence-electron chi connectivity index (χ1n) is 11.7. The summed E-state index contributed by atoms with van der Waals surface area (Å²) in [4.78, 5) is 40.9. The monoisotopic (exact) mass is 475 g/mol. The number of hydrogen-bond acceptors (Lipinski definition) is 6. The van der Waals surface area contributed by atoms with Crippen LogP contribution in [0.3, 0.4) is 0 Å². The molecule has 0 radical (unpaired) electrons. The number of carbonyl (C=O) groups is 1. The van der Waals surface area contributed by atoms with Gasteiger partial charge in [0.15, 0.2) is 5.65 Å². The zero-order valence-electron chi connectivity index (χ0n) is 19.9. The quantitative estimate of drug-likeness (QED) is 0.380. The number of aryl methyl sites for hydroxylation is 1. The zero-order chi connectivity index (χ0) is 24.8. The maximum Gasteiger partial charge on any atom is 0.303 e. The number of fused-ring (bicyclic) bond motifs is 1. The number of nitrogens with zero attached hydrogens (tertiary/aromatic N) is 3. The summed E-state index contributed by atoms with van der Waals surface area (Å²) in [7, 11) is 1.57. The highest BCUT2D eigenvalue weighted by atomic mass is 16.5. The summed E-state index contributed by atoms with van der Waals surface area (Å²) in [6.07, 6.45) is 9.82. The van der Waals surface area contributed by atoms with Crippen molar-refractivity contribution in [1.29, 1.82) is 0 Å². The molecule has 4 heterocycles. The van der Waals surface area contributed by atoms with Crippen molar-refractivity contribution in [3.63, 3.8) is 0 Å². The molecule has 9 heteroatoms. The summed E-state index contributed by atoms with van der Waals surface area (Å²) in [6, 6.07) is 9.30. The number of rotatable bonds is 5. The van der Waals surface area contributed by atoms with Crippen LogP contribution in [0.15, 0.2) is 47.5 Å². The van der Waals surface area contributed by atoms with Crippen LogP contribution in [-0.4, -0.2) is 43.1 Å². The third-order valence-electron chi connectivity index (χ3n) is 6.14. The third-order valence-corrected chi connectivity index (χ3v) is 6.14. The normalized spacial score (nSPS) is 13.8. The maximum absolute atomic E-state index is 11.5. The smallest absolute Gasteiger partial charge is 0.303 e. The van der Waals surface area contributed by atoms with E-state index in [-0.39, 0.29) is 5.56 Å². The number of nitrogens with one attached hydrogen (secondary N) is 2. The van der Waals surface area contributed by atoms with Crippen LogP contribution in [0, 0.1) is 12.8 Å². The van der Waals surface area contributed by atoms with E-state index in [0.717, 1.165) is 35.2 Å². The molecule has 0 bridgehead atoms. The SMILES string of the molecule is COc1ccc2[nH]c(-c3ccc(-c4c[nH]c(=O)c(C)c4)nc3)nc2n1.O=C(O)CC1CCCCC1. The van der Waals surface area contributed by atoms with E-state index in [0.29, 0.717) is 35.3 Å². The Morgan fingerprint density at radius 2 is 1.91 bits per heavy atom. The number of carboxylic acid groups (broad SMARTS) is 1. The number of H-pyrrole nitrogens is 2. The highest BCUT2D eigenvalue weighted by Gasteiger charge is 2.15. The summed E-state index contributed by atoms with van der Waals surface area (Å²) in [5, 5.41) is 8.47. The van der Waals surface area contributed by atoms with Gasteiger partial charge in [0.2, 0.25) is 5.88 Å². The molecule has 0 saturated heterocycles. The van der Waals surface area contributed by atoms with Crippen LogP contribution >= 0.6 is 0 Å². The van der Waals surface area contributed by atoms with Gasteiger partial charge in [-0.15, -0.1) is 0 Å². The average molecular weight is 476 g/mol. The molecule has 1 aliphatic rings. The van der Waals surface area contributed by atoms with Gasteiger partial charge in [0.1, 0.15) is 5.82 Å². The fraction of sp³-hybridized carbons (Fsp3) is 0.346. The second-order valence-electron chi connectivity index (χ2n) is 8.74. The molecule has 5 rings (SSSR count). The lowest BCUT2D eigenvalue weighted by molar-refractivity contribution is -0.138. The van der Waals surface area contributed by atoms with E-state index in [2.05, 4.69) is 24.9 Å². The summed E-state index contributed by atoms with van der Waals surface area (Å²) in [6.45, 7) is 1.77. The number of aromatic nitrogens is 5. The topological polar surface area (TPSA) is 134 Å². The number of ether oxygens (including phenoxy) is 1. The van der Waals surface area contributed by atoms with E-state index in [4.69, 9.17) is 9.84 Å². The predicted octanol–water partition coefficient (Wildman–Crippen LogP) is 4.73. The van der Waals surface area contributed by atoms with Crippen molar-refractivity contribution in [2.24, 2.45) is 5.92 Å². The van der Waals surface area contributed by atoms with Crippen LogP contribution < -0.4 is 10.3 Å². The molecule has 0 atom stereocenters. The summed E-state index contributed by atoms with van der Waals surface area (Å²) in [5.41, 5.74) is 4.47. The number of carboxylic acids is 1. The van der Waals surface area contributed by atoms with Crippen molar-refractivity contribution in [2.75, 3.05) is 7.11 Å². The third kappa shape index (κ3) is 6.11. The maximum atomic E-state index is 11.5. The van der Waals surface area contributed by atoms with Gasteiger partial charge in [-0.3, -0.25) is 14.6 Å². The number of pyridine rings is 3. The van der Waals surface area contributed by atoms with E-state index < -0.39 is 5.97 Å². The Hall–Kier alpha value is -4.01. The Morgan fingerprint density at radius 1 is 1.11 bits per heavy atom. The molecule has 0 spiro atoms. The lowest BCUT2D eigenvalue weighted by Gasteiger charge is -2.18. The van der Waals surface area contributed by atoms with E-state index in [1.54, 1.807) is 32.5 Å². The fourth-order valence-electron chi connectivity index (χ4n) is 4.21. The van der Waals surface area contributed by atoms with Gasteiger partial charge in [0.25, 0.3) is 5.56 Å². The van der Waals surface area contributed by atoms with Crippen LogP contribution in [-0.2, 0) is 4.79 Å². The van der Waals surface area contributed by atoms with Crippen molar-refractivity contribution in [3.05, 3.63) is 58.6 Å². The molecule has 182 valence electrons. The molecule has 0 unspecified atom stereocenters. The van der Waals surface area contributed by atoms with Gasteiger partial charge in [-0.2, -0.15) is 4.98 Å². The first-order chi connectivity index (χ1) is 16.9. The van der Waals surface area contributed by atoms with E-state index in [9.17, 15) is 9.59 Å². The minimum Gasteiger partial charge on any atom is -0.481 e. The lowest BCUT2D eigenvalue weighted by atomic mass is 9.87. The van der Waals surface area contributed by atoms with E-state index in [1.165, 1.54) is 19.3 Å². The Balaban J connectivity index is 0.000000243. The number of aromatic amines is 2. The van der Waals surface area contributed by atoms with Crippen molar-refractivity contribution in [3.8, 4) is 28.5 Å². The Kier molecular flexibility index (Phi) is 7.54. The highest BCUT2D eigenvalue weighted by Crippen LogP contribution is 2.26. The molecule has 4 aromatic rings. The van der Waals surface area contributed by atoms with Crippen molar-refractivity contribution >= 4 is 17.1 Å². The van der Waals surface area contributed by atoms with Gasteiger partial charge in [-0.25, -0.2) is 4.98 Å². The summed E-state index contributed by atoms with van der Waals surface area (Å²) >= 11 is 0. The fourth-order valence-corrected chi connectivity index (χ4v) is 4.21. The number of imidazole rings is 1. The molecule has 9 nitrogen and oxygen atoms in total. The molecule has 1 saturated carbocycles.